The van der Waals surface area contributed by atoms with Crippen molar-refractivity contribution in [2.24, 2.45) is 0 Å². The van der Waals surface area contributed by atoms with Crippen molar-refractivity contribution < 1.29 is 14.2 Å². The molecular weight excluding hydrogens is 360 g/mol. The van der Waals surface area contributed by atoms with Crippen molar-refractivity contribution in [3.05, 3.63) is 60.7 Å². The standard InChI is InChI=1S/C26H32O3/c1-3-5-10-16-27-24-15-14-21-19-26(29-23-12-8-7-9-13-23)25(20-22(21)18-24)28-17-11-6-4-2/h7-9,12-15,18-20H,3-6,10-11,16-17H2,1-2H3. The van der Waals surface area contributed by atoms with Gasteiger partial charge in [0, 0.05) is 0 Å². The van der Waals surface area contributed by atoms with Crippen LogP contribution in [-0.4, -0.2) is 13.2 Å². The molecule has 0 unspecified atom stereocenters. The van der Waals surface area contributed by atoms with Gasteiger partial charge in [0.05, 0.1) is 13.2 Å². The Labute approximate surface area is 174 Å². The highest BCUT2D eigenvalue weighted by Crippen LogP contribution is 2.37. The molecule has 3 heteroatoms. The third kappa shape index (κ3) is 6.42. The van der Waals surface area contributed by atoms with E-state index < -0.39 is 0 Å². The fraction of sp³-hybridized carbons (Fsp3) is 0.385. The van der Waals surface area contributed by atoms with Gasteiger partial charge in [-0.25, -0.2) is 0 Å². The first-order valence-corrected chi connectivity index (χ1v) is 10.9. The van der Waals surface area contributed by atoms with Crippen LogP contribution in [0.25, 0.3) is 10.8 Å². The maximum Gasteiger partial charge on any atom is 0.169 e. The first kappa shape index (κ1) is 21.0. The maximum atomic E-state index is 6.14. The number of hydrogen-bond acceptors (Lipinski definition) is 3. The van der Waals surface area contributed by atoms with Crippen molar-refractivity contribution in [1.29, 1.82) is 0 Å². The minimum Gasteiger partial charge on any atom is -0.494 e. The van der Waals surface area contributed by atoms with E-state index in [1.54, 1.807) is 0 Å². The lowest BCUT2D eigenvalue weighted by Gasteiger charge is -2.15. The lowest BCUT2D eigenvalue weighted by molar-refractivity contribution is 0.293. The molecule has 0 heterocycles. The smallest absolute Gasteiger partial charge is 0.169 e. The Balaban J connectivity index is 1.82. The van der Waals surface area contributed by atoms with Crippen molar-refractivity contribution in [1.82, 2.24) is 0 Å². The fourth-order valence-corrected chi connectivity index (χ4v) is 3.21. The molecule has 29 heavy (non-hydrogen) atoms. The maximum absolute atomic E-state index is 6.14. The highest BCUT2D eigenvalue weighted by Gasteiger charge is 2.10. The molecule has 0 amide bonds. The minimum atomic E-state index is 0.692. The molecule has 0 saturated heterocycles. The monoisotopic (exact) mass is 392 g/mol. The molecular formula is C26H32O3. The number of rotatable bonds is 12. The molecule has 3 aromatic carbocycles. The molecule has 0 spiro atoms. The van der Waals surface area contributed by atoms with Gasteiger partial charge in [-0.05, 0) is 60.0 Å². The number of ether oxygens (including phenoxy) is 3. The molecule has 3 aromatic rings. The largest absolute Gasteiger partial charge is 0.494 e. The van der Waals surface area contributed by atoms with Crippen LogP contribution in [0.3, 0.4) is 0 Å². The Morgan fingerprint density at radius 2 is 1.28 bits per heavy atom. The van der Waals surface area contributed by atoms with Crippen LogP contribution < -0.4 is 14.2 Å². The van der Waals surface area contributed by atoms with E-state index in [-0.39, 0.29) is 0 Å². The summed E-state index contributed by atoms with van der Waals surface area (Å²) in [5.41, 5.74) is 0. The van der Waals surface area contributed by atoms with Crippen LogP contribution in [0.2, 0.25) is 0 Å². The van der Waals surface area contributed by atoms with E-state index in [9.17, 15) is 0 Å². The molecule has 0 N–H and O–H groups in total. The second kappa shape index (κ2) is 11.4. The first-order chi connectivity index (χ1) is 14.3. The van der Waals surface area contributed by atoms with Crippen LogP contribution in [0.5, 0.6) is 23.0 Å². The molecule has 154 valence electrons. The molecule has 0 atom stereocenters. The van der Waals surface area contributed by atoms with Crippen molar-refractivity contribution in [2.75, 3.05) is 13.2 Å². The quantitative estimate of drug-likeness (QED) is 0.295. The van der Waals surface area contributed by atoms with E-state index in [4.69, 9.17) is 14.2 Å². The van der Waals surface area contributed by atoms with Crippen molar-refractivity contribution in [3.8, 4) is 23.0 Å². The van der Waals surface area contributed by atoms with Gasteiger partial charge in [0.25, 0.3) is 0 Å². The number of para-hydroxylation sites is 1. The van der Waals surface area contributed by atoms with Gasteiger partial charge in [-0.1, -0.05) is 63.8 Å². The summed E-state index contributed by atoms with van der Waals surface area (Å²) in [6, 6.07) is 20.2. The molecule has 0 aromatic heterocycles. The zero-order valence-corrected chi connectivity index (χ0v) is 17.7. The number of benzene rings is 3. The predicted molar refractivity (Wildman–Crippen MR) is 121 cm³/mol. The van der Waals surface area contributed by atoms with Crippen molar-refractivity contribution in [3.63, 3.8) is 0 Å². The summed E-state index contributed by atoms with van der Waals surface area (Å²) in [7, 11) is 0. The lowest BCUT2D eigenvalue weighted by atomic mass is 10.1. The summed E-state index contributed by atoms with van der Waals surface area (Å²) in [6.45, 7) is 5.85. The van der Waals surface area contributed by atoms with Crippen LogP contribution in [0.15, 0.2) is 60.7 Å². The molecule has 0 bridgehead atoms. The number of fused-ring (bicyclic) bond motifs is 1. The van der Waals surface area contributed by atoms with E-state index in [0.29, 0.717) is 6.61 Å². The summed E-state index contributed by atoms with van der Waals surface area (Å²) < 4.78 is 18.2. The van der Waals surface area contributed by atoms with Crippen LogP contribution in [-0.2, 0) is 0 Å². The van der Waals surface area contributed by atoms with Crippen LogP contribution in [0.1, 0.15) is 52.4 Å². The second-order valence-corrected chi connectivity index (χ2v) is 7.33. The number of unbranched alkanes of at least 4 members (excludes halogenated alkanes) is 4. The summed E-state index contributed by atoms with van der Waals surface area (Å²) in [5, 5.41) is 2.21. The molecule has 0 aliphatic rings. The van der Waals surface area contributed by atoms with Gasteiger partial charge in [0.2, 0.25) is 0 Å². The normalized spacial score (nSPS) is 10.8. The number of hydrogen-bond donors (Lipinski definition) is 0. The Morgan fingerprint density at radius 1 is 0.586 bits per heavy atom. The summed E-state index contributed by atoms with van der Waals surface area (Å²) in [6.07, 6.45) is 6.86. The summed E-state index contributed by atoms with van der Waals surface area (Å²) in [4.78, 5) is 0. The minimum absolute atomic E-state index is 0.692. The average Bonchev–Trinajstić information content (AvgIpc) is 2.75. The van der Waals surface area contributed by atoms with Gasteiger partial charge in [0.1, 0.15) is 11.5 Å². The molecule has 0 saturated carbocycles. The third-order valence-corrected chi connectivity index (χ3v) is 4.87. The zero-order chi connectivity index (χ0) is 20.3. The van der Waals surface area contributed by atoms with Gasteiger partial charge in [-0.3, -0.25) is 0 Å². The van der Waals surface area contributed by atoms with Crippen LogP contribution in [0.4, 0.5) is 0 Å². The van der Waals surface area contributed by atoms with Crippen LogP contribution >= 0.6 is 0 Å². The van der Waals surface area contributed by atoms with Gasteiger partial charge in [-0.2, -0.15) is 0 Å². The Hall–Kier alpha value is -2.68. The molecule has 3 rings (SSSR count). The first-order valence-electron chi connectivity index (χ1n) is 10.9. The van der Waals surface area contributed by atoms with E-state index in [2.05, 4.69) is 38.1 Å². The Bertz CT molecular complexity index is 874. The second-order valence-electron chi connectivity index (χ2n) is 7.33. The van der Waals surface area contributed by atoms with Crippen molar-refractivity contribution >= 4 is 10.8 Å². The molecule has 0 radical (unpaired) electrons. The third-order valence-electron chi connectivity index (χ3n) is 4.87. The molecule has 0 fully saturated rings. The van der Waals surface area contributed by atoms with Gasteiger partial charge in [0.15, 0.2) is 11.5 Å². The topological polar surface area (TPSA) is 27.7 Å². The zero-order valence-electron chi connectivity index (χ0n) is 17.7. The highest BCUT2D eigenvalue weighted by molar-refractivity contribution is 5.87. The highest BCUT2D eigenvalue weighted by atomic mass is 16.5. The van der Waals surface area contributed by atoms with E-state index in [1.165, 1.54) is 19.3 Å². The average molecular weight is 393 g/mol. The summed E-state index contributed by atoms with van der Waals surface area (Å²) in [5.74, 6) is 3.24. The van der Waals surface area contributed by atoms with Crippen molar-refractivity contribution in [2.45, 2.75) is 52.4 Å². The molecule has 0 aliphatic carbocycles. The Kier molecular flexibility index (Phi) is 8.24. The molecule has 0 aliphatic heterocycles. The lowest BCUT2D eigenvalue weighted by Crippen LogP contribution is -2.00. The molecule has 3 nitrogen and oxygen atoms in total. The van der Waals surface area contributed by atoms with E-state index >= 15 is 0 Å². The summed E-state index contributed by atoms with van der Waals surface area (Å²) >= 11 is 0. The van der Waals surface area contributed by atoms with E-state index in [0.717, 1.165) is 59.6 Å². The van der Waals surface area contributed by atoms with Gasteiger partial charge >= 0.3 is 0 Å². The fourth-order valence-electron chi connectivity index (χ4n) is 3.21. The van der Waals surface area contributed by atoms with Crippen LogP contribution in [0, 0.1) is 0 Å². The van der Waals surface area contributed by atoms with Gasteiger partial charge in [-0.15, -0.1) is 0 Å². The Morgan fingerprint density at radius 3 is 2.00 bits per heavy atom. The SMILES string of the molecule is CCCCCOc1ccc2cc(Oc3ccccc3)c(OCCCCC)cc2c1. The van der Waals surface area contributed by atoms with E-state index in [1.807, 2.05) is 36.4 Å². The van der Waals surface area contributed by atoms with Gasteiger partial charge < -0.3 is 14.2 Å². The predicted octanol–water partition coefficient (Wildman–Crippen LogP) is 7.77.